The summed E-state index contributed by atoms with van der Waals surface area (Å²) in [5.74, 6) is 1.98. The lowest BCUT2D eigenvalue weighted by Gasteiger charge is -2.11. The largest absolute Gasteiger partial charge is 0.497 e. The summed E-state index contributed by atoms with van der Waals surface area (Å²) in [7, 11) is 4.68. The highest BCUT2D eigenvalue weighted by atomic mass is 16.5. The van der Waals surface area contributed by atoms with Crippen LogP contribution >= 0.6 is 0 Å². The van der Waals surface area contributed by atoms with Gasteiger partial charge in [0.15, 0.2) is 0 Å². The van der Waals surface area contributed by atoms with E-state index in [1.165, 1.54) is 19.5 Å². The van der Waals surface area contributed by atoms with Crippen LogP contribution in [0.1, 0.15) is 10.5 Å². The highest BCUT2D eigenvalue weighted by Gasteiger charge is 2.13. The topological polar surface area (TPSA) is 94.6 Å². The average molecular weight is 380 g/mol. The molecule has 8 nitrogen and oxygen atoms in total. The summed E-state index contributed by atoms with van der Waals surface area (Å²) >= 11 is 0. The molecular formula is C20H20N4O4. The normalized spacial score (nSPS) is 10.1. The Hall–Kier alpha value is -3.81. The number of rotatable bonds is 7. The molecule has 3 rings (SSSR count). The van der Waals surface area contributed by atoms with Gasteiger partial charge in [0, 0.05) is 11.8 Å². The number of amides is 1. The molecule has 0 saturated heterocycles. The van der Waals surface area contributed by atoms with Crippen molar-refractivity contribution in [3.8, 4) is 17.2 Å². The smallest absolute Gasteiger partial charge is 0.275 e. The Morgan fingerprint density at radius 2 is 1.57 bits per heavy atom. The summed E-state index contributed by atoms with van der Waals surface area (Å²) < 4.78 is 15.6. The minimum atomic E-state index is -0.407. The van der Waals surface area contributed by atoms with Crippen LogP contribution in [0.5, 0.6) is 17.2 Å². The average Bonchev–Trinajstić information content (AvgIpc) is 2.74. The third-order valence-electron chi connectivity index (χ3n) is 3.90. The van der Waals surface area contributed by atoms with Gasteiger partial charge in [0.05, 0.1) is 39.4 Å². The number of carbonyl (C=O) groups is 1. The zero-order chi connectivity index (χ0) is 19.9. The first-order valence-electron chi connectivity index (χ1n) is 8.39. The number of hydrogen-bond acceptors (Lipinski definition) is 7. The fourth-order valence-corrected chi connectivity index (χ4v) is 2.43. The van der Waals surface area contributed by atoms with Gasteiger partial charge in [0.2, 0.25) is 0 Å². The van der Waals surface area contributed by atoms with Gasteiger partial charge >= 0.3 is 0 Å². The molecule has 2 N–H and O–H groups in total. The van der Waals surface area contributed by atoms with Crippen molar-refractivity contribution in [3.63, 3.8) is 0 Å². The van der Waals surface area contributed by atoms with Crippen LogP contribution in [0.15, 0.2) is 54.9 Å². The van der Waals surface area contributed by atoms with Crippen LogP contribution in [-0.2, 0) is 0 Å². The van der Waals surface area contributed by atoms with Crippen molar-refractivity contribution in [2.24, 2.45) is 0 Å². The van der Waals surface area contributed by atoms with Crippen molar-refractivity contribution < 1.29 is 19.0 Å². The zero-order valence-electron chi connectivity index (χ0n) is 15.7. The highest BCUT2D eigenvalue weighted by Crippen LogP contribution is 2.29. The summed E-state index contributed by atoms with van der Waals surface area (Å²) in [6.07, 6.45) is 2.88. The number of carbonyl (C=O) groups excluding carboxylic acids is 1. The van der Waals surface area contributed by atoms with Crippen LogP contribution in [0.3, 0.4) is 0 Å². The predicted molar refractivity (Wildman–Crippen MR) is 106 cm³/mol. The maximum absolute atomic E-state index is 12.5. The standard InChI is InChI=1S/C20H20N4O4/c1-26-14-6-4-13(5-7-14)23-19-12-21-17(11-22-19)20(25)24-16-10-15(27-2)8-9-18(16)28-3/h4-12H,1-3H3,(H,22,23)(H,24,25). The van der Waals surface area contributed by atoms with Crippen molar-refractivity contribution in [2.45, 2.75) is 0 Å². The lowest BCUT2D eigenvalue weighted by Crippen LogP contribution is -2.15. The zero-order valence-corrected chi connectivity index (χ0v) is 15.7. The molecule has 0 aliphatic heterocycles. The fraction of sp³-hybridized carbons (Fsp3) is 0.150. The molecule has 0 fully saturated rings. The highest BCUT2D eigenvalue weighted by molar-refractivity contribution is 6.03. The Morgan fingerprint density at radius 1 is 0.857 bits per heavy atom. The van der Waals surface area contributed by atoms with Gasteiger partial charge in [0.1, 0.15) is 28.8 Å². The van der Waals surface area contributed by atoms with E-state index in [-0.39, 0.29) is 5.69 Å². The Bertz CT molecular complexity index is 943. The molecule has 0 unspecified atom stereocenters. The molecule has 2 aromatic carbocycles. The van der Waals surface area contributed by atoms with Crippen LogP contribution in [-0.4, -0.2) is 37.2 Å². The number of anilines is 3. The van der Waals surface area contributed by atoms with Gasteiger partial charge in [0.25, 0.3) is 5.91 Å². The van der Waals surface area contributed by atoms with E-state index in [1.54, 1.807) is 32.4 Å². The summed E-state index contributed by atoms with van der Waals surface area (Å²) in [6, 6.07) is 12.5. The second kappa shape index (κ2) is 8.72. The SMILES string of the molecule is COc1ccc(Nc2cnc(C(=O)Nc3cc(OC)ccc3OC)cn2)cc1. The molecule has 28 heavy (non-hydrogen) atoms. The van der Waals surface area contributed by atoms with Crippen LogP contribution in [0.4, 0.5) is 17.2 Å². The number of aromatic nitrogens is 2. The summed E-state index contributed by atoms with van der Waals surface area (Å²) in [6.45, 7) is 0. The van der Waals surface area contributed by atoms with E-state index >= 15 is 0 Å². The second-order valence-electron chi connectivity index (χ2n) is 5.66. The number of nitrogens with zero attached hydrogens (tertiary/aromatic N) is 2. The van der Waals surface area contributed by atoms with Crippen molar-refractivity contribution in [1.29, 1.82) is 0 Å². The van der Waals surface area contributed by atoms with E-state index in [4.69, 9.17) is 14.2 Å². The first kappa shape index (κ1) is 19.0. The minimum absolute atomic E-state index is 0.171. The molecule has 8 heteroatoms. The Labute approximate surface area is 162 Å². The minimum Gasteiger partial charge on any atom is -0.497 e. The summed E-state index contributed by atoms with van der Waals surface area (Å²) in [5, 5.41) is 5.86. The maximum atomic E-state index is 12.5. The molecule has 0 bridgehead atoms. The van der Waals surface area contributed by atoms with Crippen molar-refractivity contribution in [2.75, 3.05) is 32.0 Å². The molecule has 1 amide bonds. The third kappa shape index (κ3) is 4.47. The van der Waals surface area contributed by atoms with E-state index < -0.39 is 5.91 Å². The molecule has 1 aromatic heterocycles. The Kier molecular flexibility index (Phi) is 5.91. The second-order valence-corrected chi connectivity index (χ2v) is 5.66. The predicted octanol–water partition coefficient (Wildman–Crippen LogP) is 3.50. The monoisotopic (exact) mass is 380 g/mol. The van der Waals surface area contributed by atoms with Crippen LogP contribution in [0, 0.1) is 0 Å². The maximum Gasteiger partial charge on any atom is 0.275 e. The summed E-state index contributed by atoms with van der Waals surface area (Å²) in [4.78, 5) is 20.9. The van der Waals surface area contributed by atoms with E-state index in [9.17, 15) is 4.79 Å². The van der Waals surface area contributed by atoms with Gasteiger partial charge < -0.3 is 24.8 Å². The molecule has 0 aliphatic rings. The number of nitrogens with one attached hydrogen (secondary N) is 2. The number of benzene rings is 2. The molecule has 0 spiro atoms. The molecule has 0 saturated carbocycles. The quantitative estimate of drug-likeness (QED) is 0.648. The number of hydrogen-bond donors (Lipinski definition) is 2. The lowest BCUT2D eigenvalue weighted by atomic mass is 10.2. The first-order valence-corrected chi connectivity index (χ1v) is 8.39. The van der Waals surface area contributed by atoms with Crippen molar-refractivity contribution >= 4 is 23.1 Å². The molecular weight excluding hydrogens is 360 g/mol. The van der Waals surface area contributed by atoms with E-state index in [2.05, 4.69) is 20.6 Å². The molecule has 3 aromatic rings. The lowest BCUT2D eigenvalue weighted by molar-refractivity contribution is 0.102. The first-order chi connectivity index (χ1) is 13.6. The fourth-order valence-electron chi connectivity index (χ4n) is 2.43. The van der Waals surface area contributed by atoms with Gasteiger partial charge in [-0.1, -0.05) is 0 Å². The van der Waals surface area contributed by atoms with Crippen LogP contribution in [0.2, 0.25) is 0 Å². The van der Waals surface area contributed by atoms with Gasteiger partial charge in [-0.2, -0.15) is 0 Å². The molecule has 0 aliphatic carbocycles. The Balaban J connectivity index is 1.69. The molecule has 0 radical (unpaired) electrons. The van der Waals surface area contributed by atoms with Gasteiger partial charge in [-0.15, -0.1) is 0 Å². The van der Waals surface area contributed by atoms with Gasteiger partial charge in [-0.05, 0) is 36.4 Å². The summed E-state index contributed by atoms with van der Waals surface area (Å²) in [5.41, 5.74) is 1.48. The molecule has 144 valence electrons. The van der Waals surface area contributed by atoms with Crippen molar-refractivity contribution in [3.05, 3.63) is 60.6 Å². The molecule has 1 heterocycles. The van der Waals surface area contributed by atoms with Gasteiger partial charge in [-0.25, -0.2) is 9.97 Å². The Morgan fingerprint density at radius 3 is 2.18 bits per heavy atom. The van der Waals surface area contributed by atoms with Gasteiger partial charge in [-0.3, -0.25) is 4.79 Å². The number of methoxy groups -OCH3 is 3. The van der Waals surface area contributed by atoms with E-state index in [0.717, 1.165) is 11.4 Å². The van der Waals surface area contributed by atoms with Crippen molar-refractivity contribution in [1.82, 2.24) is 9.97 Å². The van der Waals surface area contributed by atoms with Crippen LogP contribution < -0.4 is 24.8 Å². The van der Waals surface area contributed by atoms with E-state index in [1.807, 2.05) is 24.3 Å². The van der Waals surface area contributed by atoms with E-state index in [0.29, 0.717) is 23.0 Å². The molecule has 0 atom stereocenters. The van der Waals surface area contributed by atoms with Crippen LogP contribution in [0.25, 0.3) is 0 Å². The number of ether oxygens (including phenoxy) is 3. The third-order valence-corrected chi connectivity index (χ3v) is 3.90.